The number of carbonyl (C=O) groups is 1. The van der Waals surface area contributed by atoms with Gasteiger partial charge in [-0.3, -0.25) is 14.9 Å². The second kappa shape index (κ2) is 11.2. The lowest BCUT2D eigenvalue weighted by Gasteiger charge is -2.13. The Morgan fingerprint density at radius 3 is 2.47 bits per heavy atom. The van der Waals surface area contributed by atoms with Gasteiger partial charge in [0, 0.05) is 6.07 Å². The summed E-state index contributed by atoms with van der Waals surface area (Å²) >= 11 is 0. The maximum absolute atomic E-state index is 12.7. The number of benzene rings is 3. The fourth-order valence-electron chi connectivity index (χ4n) is 3.11. The van der Waals surface area contributed by atoms with Crippen LogP contribution >= 0.6 is 0 Å². The quantitative estimate of drug-likeness (QED) is 0.145. The second-order valence-corrected chi connectivity index (χ2v) is 8.94. The van der Waals surface area contributed by atoms with Gasteiger partial charge in [0.25, 0.3) is 11.6 Å². The molecule has 0 spiro atoms. The number of nitrogens with one attached hydrogen (secondary N) is 1. The Kier molecular flexibility index (Phi) is 8.03. The molecule has 11 heteroatoms. The molecule has 3 aromatic rings. The molecule has 184 valence electrons. The lowest BCUT2D eigenvalue weighted by molar-refractivity contribution is -0.384. The van der Waals surface area contributed by atoms with Crippen LogP contribution in [0.3, 0.4) is 0 Å². The van der Waals surface area contributed by atoms with Gasteiger partial charge in [0.1, 0.15) is 22.2 Å². The van der Waals surface area contributed by atoms with E-state index in [1.54, 1.807) is 44.2 Å². The molecule has 0 aliphatic heterocycles. The molecule has 0 aliphatic carbocycles. The molecule has 0 aromatic heterocycles. The first-order chi connectivity index (χ1) is 17.1. The van der Waals surface area contributed by atoms with E-state index in [0.717, 1.165) is 0 Å². The minimum absolute atomic E-state index is 0.0370. The molecule has 0 unspecified atom stereocenters. The van der Waals surface area contributed by atoms with Crippen molar-refractivity contribution in [1.82, 2.24) is 0 Å². The molecule has 3 aromatic carbocycles. The third-order valence-corrected chi connectivity index (χ3v) is 6.02. The number of nitro benzene ring substituents is 1. The van der Waals surface area contributed by atoms with Gasteiger partial charge in [-0.15, -0.1) is 0 Å². The minimum Gasteiger partial charge on any atom is -0.490 e. The van der Waals surface area contributed by atoms with Gasteiger partial charge in [-0.25, -0.2) is 0 Å². The van der Waals surface area contributed by atoms with Crippen molar-refractivity contribution in [3.05, 3.63) is 93.5 Å². The van der Waals surface area contributed by atoms with E-state index < -0.39 is 20.9 Å². The first-order valence-electron chi connectivity index (χ1n) is 10.6. The number of nitrogens with zero attached hydrogens (tertiary/aromatic N) is 2. The molecule has 1 N–H and O–H groups in total. The zero-order chi connectivity index (χ0) is 26.3. The molecule has 0 bridgehead atoms. The van der Waals surface area contributed by atoms with Gasteiger partial charge in [-0.2, -0.15) is 13.7 Å². The minimum atomic E-state index is -4.12. The standard InChI is InChI=1S/C25H21N3O7S/c1-3-34-24-15-18(10-12-23(24)35-36(32,33)20-7-5-4-6-8-20)14-19(16-26)25(29)27-21-11-9-17(2)13-22(21)28(30)31/h4-15H,3H2,1-2H3,(H,27,29)/b19-14+. The summed E-state index contributed by atoms with van der Waals surface area (Å²) in [6.45, 7) is 3.56. The van der Waals surface area contributed by atoms with Crippen molar-refractivity contribution in [2.75, 3.05) is 11.9 Å². The van der Waals surface area contributed by atoms with Crippen LogP contribution in [0.5, 0.6) is 11.5 Å². The molecule has 0 saturated carbocycles. The van der Waals surface area contributed by atoms with Crippen molar-refractivity contribution in [2.24, 2.45) is 0 Å². The summed E-state index contributed by atoms with van der Waals surface area (Å²) in [5, 5.41) is 23.2. The van der Waals surface area contributed by atoms with E-state index in [1.165, 1.54) is 48.5 Å². The predicted octanol–water partition coefficient (Wildman–Crippen LogP) is 4.62. The van der Waals surface area contributed by atoms with E-state index in [0.29, 0.717) is 11.1 Å². The maximum atomic E-state index is 12.7. The molecule has 0 atom stereocenters. The molecule has 0 heterocycles. The van der Waals surface area contributed by atoms with Crippen molar-refractivity contribution in [3.63, 3.8) is 0 Å². The molecule has 0 radical (unpaired) electrons. The normalized spacial score (nSPS) is 11.3. The zero-order valence-corrected chi connectivity index (χ0v) is 20.1. The topological polar surface area (TPSA) is 149 Å². The number of ether oxygens (including phenoxy) is 1. The van der Waals surface area contributed by atoms with Gasteiger partial charge in [-0.1, -0.05) is 30.3 Å². The first kappa shape index (κ1) is 25.9. The van der Waals surface area contributed by atoms with Gasteiger partial charge in [-0.05, 0) is 61.4 Å². The highest BCUT2D eigenvalue weighted by Crippen LogP contribution is 2.32. The number of hydrogen-bond acceptors (Lipinski definition) is 8. The van der Waals surface area contributed by atoms with Crippen LogP contribution in [0.2, 0.25) is 0 Å². The third-order valence-electron chi connectivity index (χ3n) is 4.77. The number of rotatable bonds is 9. The Hall–Kier alpha value is -4.69. The Labute approximate surface area is 207 Å². The molecule has 1 amide bonds. The summed E-state index contributed by atoms with van der Waals surface area (Å²) in [6.07, 6.45) is 1.24. The lowest BCUT2D eigenvalue weighted by atomic mass is 10.1. The average molecular weight is 508 g/mol. The molecule has 3 rings (SSSR count). The van der Waals surface area contributed by atoms with Gasteiger partial charge >= 0.3 is 10.1 Å². The van der Waals surface area contributed by atoms with E-state index >= 15 is 0 Å². The van der Waals surface area contributed by atoms with E-state index in [-0.39, 0.29) is 39.9 Å². The Morgan fingerprint density at radius 1 is 1.11 bits per heavy atom. The predicted molar refractivity (Wildman–Crippen MR) is 132 cm³/mol. The molecule has 0 fully saturated rings. The van der Waals surface area contributed by atoms with E-state index in [1.807, 2.05) is 0 Å². The maximum Gasteiger partial charge on any atom is 0.339 e. The van der Waals surface area contributed by atoms with Crippen LogP contribution in [-0.4, -0.2) is 25.9 Å². The fraction of sp³-hybridized carbons (Fsp3) is 0.120. The lowest BCUT2D eigenvalue weighted by Crippen LogP contribution is -2.14. The van der Waals surface area contributed by atoms with Crippen molar-refractivity contribution in [1.29, 1.82) is 5.26 Å². The molecular formula is C25H21N3O7S. The zero-order valence-electron chi connectivity index (χ0n) is 19.3. The SMILES string of the molecule is CCOc1cc(/C=C(\C#N)C(=O)Nc2ccc(C)cc2[N+](=O)[O-])ccc1OS(=O)(=O)c1ccccc1. The average Bonchev–Trinajstić information content (AvgIpc) is 2.85. The Bertz CT molecular complexity index is 1480. The van der Waals surface area contributed by atoms with Crippen LogP contribution in [0.4, 0.5) is 11.4 Å². The van der Waals surface area contributed by atoms with Gasteiger partial charge in [0.2, 0.25) is 0 Å². The van der Waals surface area contributed by atoms with Crippen LogP contribution in [0.1, 0.15) is 18.1 Å². The number of amides is 1. The van der Waals surface area contributed by atoms with Crippen LogP contribution in [-0.2, 0) is 14.9 Å². The number of aryl methyl sites for hydroxylation is 1. The smallest absolute Gasteiger partial charge is 0.339 e. The van der Waals surface area contributed by atoms with Crippen LogP contribution in [0.15, 0.2) is 77.2 Å². The number of nitriles is 1. The summed E-state index contributed by atoms with van der Waals surface area (Å²) < 4.78 is 35.9. The van der Waals surface area contributed by atoms with Gasteiger partial charge < -0.3 is 14.2 Å². The van der Waals surface area contributed by atoms with Crippen molar-refractivity contribution < 1.29 is 27.1 Å². The Balaban J connectivity index is 1.90. The summed E-state index contributed by atoms with van der Waals surface area (Å²) in [6, 6.07) is 17.8. The molecular weight excluding hydrogens is 486 g/mol. The van der Waals surface area contributed by atoms with Crippen molar-refractivity contribution in [2.45, 2.75) is 18.7 Å². The summed E-state index contributed by atoms with van der Waals surface area (Å²) in [5.74, 6) is -0.844. The van der Waals surface area contributed by atoms with E-state index in [9.17, 15) is 28.6 Å². The van der Waals surface area contributed by atoms with Gasteiger partial charge in [0.05, 0.1) is 11.5 Å². The number of carbonyl (C=O) groups excluding carboxylic acids is 1. The molecule has 0 saturated heterocycles. The highest BCUT2D eigenvalue weighted by atomic mass is 32.2. The third kappa shape index (κ3) is 6.25. The number of anilines is 1. The van der Waals surface area contributed by atoms with Crippen LogP contribution in [0, 0.1) is 28.4 Å². The van der Waals surface area contributed by atoms with E-state index in [4.69, 9.17) is 8.92 Å². The summed E-state index contributed by atoms with van der Waals surface area (Å²) in [7, 11) is -4.12. The summed E-state index contributed by atoms with van der Waals surface area (Å²) in [5.41, 5.74) is 0.281. The van der Waals surface area contributed by atoms with Crippen molar-refractivity contribution in [3.8, 4) is 17.6 Å². The molecule has 10 nitrogen and oxygen atoms in total. The monoisotopic (exact) mass is 507 g/mol. The van der Waals surface area contributed by atoms with Gasteiger partial charge in [0.15, 0.2) is 11.5 Å². The number of hydrogen-bond donors (Lipinski definition) is 1. The van der Waals surface area contributed by atoms with Crippen LogP contribution in [0.25, 0.3) is 6.08 Å². The van der Waals surface area contributed by atoms with E-state index in [2.05, 4.69) is 5.32 Å². The second-order valence-electron chi connectivity index (χ2n) is 7.39. The fourth-order valence-corrected chi connectivity index (χ4v) is 4.07. The molecule has 36 heavy (non-hydrogen) atoms. The van der Waals surface area contributed by atoms with Crippen LogP contribution < -0.4 is 14.2 Å². The highest BCUT2D eigenvalue weighted by Gasteiger charge is 2.21. The molecule has 0 aliphatic rings. The highest BCUT2D eigenvalue weighted by molar-refractivity contribution is 7.87. The largest absolute Gasteiger partial charge is 0.490 e. The first-order valence-corrected chi connectivity index (χ1v) is 12.0. The Morgan fingerprint density at radius 2 is 1.83 bits per heavy atom. The summed E-state index contributed by atoms with van der Waals surface area (Å²) in [4.78, 5) is 23.3. The van der Waals surface area contributed by atoms with Crippen molar-refractivity contribution >= 4 is 33.5 Å². The number of nitro groups is 1.